The first-order valence-electron chi connectivity index (χ1n) is 6.13. The van der Waals surface area contributed by atoms with Crippen molar-refractivity contribution in [2.45, 2.75) is 33.2 Å². The van der Waals surface area contributed by atoms with Crippen LogP contribution >= 0.6 is 0 Å². The topological polar surface area (TPSA) is 111 Å². The van der Waals surface area contributed by atoms with Gasteiger partial charge >= 0.3 is 12.0 Å². The second-order valence-electron chi connectivity index (χ2n) is 4.24. The molecule has 110 valence electrons. The molecular weight excluding hydrogens is 266 g/mol. The van der Waals surface area contributed by atoms with Gasteiger partial charge in [-0.25, -0.2) is 9.59 Å². The van der Waals surface area contributed by atoms with E-state index in [1.54, 1.807) is 13.8 Å². The Kier molecular flexibility index (Phi) is 5.70. The monoisotopic (exact) mass is 283 g/mol. The molecule has 1 aromatic rings. The van der Waals surface area contributed by atoms with E-state index in [1.807, 2.05) is 12.2 Å². The highest BCUT2D eigenvalue weighted by atomic mass is 16.6. The average Bonchev–Trinajstić information content (AvgIpc) is 2.82. The first-order valence-corrected chi connectivity index (χ1v) is 6.13. The van der Waals surface area contributed by atoms with E-state index in [-0.39, 0.29) is 11.8 Å². The van der Waals surface area contributed by atoms with Crippen molar-refractivity contribution < 1.29 is 23.6 Å². The summed E-state index contributed by atoms with van der Waals surface area (Å²) in [5, 5.41) is 8.10. The van der Waals surface area contributed by atoms with Crippen molar-refractivity contribution in [3.05, 3.63) is 17.5 Å². The number of imide groups is 1. The van der Waals surface area contributed by atoms with Crippen LogP contribution in [0.1, 0.15) is 36.5 Å². The zero-order valence-corrected chi connectivity index (χ0v) is 11.6. The maximum absolute atomic E-state index is 11.4. The standard InChI is InChI=1S/C12H17N3O5/c1-4-7(2)13-12(18)14-10(16)6-19-11(17)9-5-8(3)15-20-9/h5,7H,4,6H2,1-3H3,(H2,13,14,16,18)/t7-/m0/s1. The third-order valence-electron chi connectivity index (χ3n) is 2.41. The van der Waals surface area contributed by atoms with Gasteiger partial charge in [0.1, 0.15) is 0 Å². The van der Waals surface area contributed by atoms with E-state index in [2.05, 4.69) is 19.7 Å². The van der Waals surface area contributed by atoms with Crippen molar-refractivity contribution >= 4 is 17.9 Å². The van der Waals surface area contributed by atoms with Gasteiger partial charge in [-0.3, -0.25) is 10.1 Å². The first-order chi connectivity index (χ1) is 9.42. The molecule has 0 bridgehead atoms. The van der Waals surface area contributed by atoms with Crippen molar-refractivity contribution in [1.82, 2.24) is 15.8 Å². The van der Waals surface area contributed by atoms with Gasteiger partial charge in [0, 0.05) is 12.1 Å². The van der Waals surface area contributed by atoms with Crippen LogP contribution in [0.3, 0.4) is 0 Å². The average molecular weight is 283 g/mol. The summed E-state index contributed by atoms with van der Waals surface area (Å²) in [4.78, 5) is 34.1. The number of aromatic nitrogens is 1. The molecule has 0 aliphatic rings. The van der Waals surface area contributed by atoms with Gasteiger partial charge in [0.05, 0.1) is 5.69 Å². The number of nitrogens with one attached hydrogen (secondary N) is 2. The number of esters is 1. The molecule has 0 radical (unpaired) electrons. The molecule has 2 N–H and O–H groups in total. The largest absolute Gasteiger partial charge is 0.450 e. The van der Waals surface area contributed by atoms with E-state index >= 15 is 0 Å². The lowest BCUT2D eigenvalue weighted by atomic mass is 10.3. The molecule has 0 spiro atoms. The summed E-state index contributed by atoms with van der Waals surface area (Å²) in [6.45, 7) is 4.77. The number of rotatable bonds is 5. The molecule has 1 rings (SSSR count). The van der Waals surface area contributed by atoms with Crippen LogP contribution in [0.5, 0.6) is 0 Å². The maximum atomic E-state index is 11.4. The van der Waals surface area contributed by atoms with Gasteiger partial charge in [0.2, 0.25) is 5.76 Å². The molecule has 1 aromatic heterocycles. The molecule has 1 heterocycles. The van der Waals surface area contributed by atoms with Gasteiger partial charge in [-0.05, 0) is 20.3 Å². The van der Waals surface area contributed by atoms with E-state index in [0.29, 0.717) is 5.69 Å². The molecule has 0 fully saturated rings. The number of aryl methyl sites for hydroxylation is 1. The van der Waals surface area contributed by atoms with Crippen LogP contribution in [0.4, 0.5) is 4.79 Å². The smallest absolute Gasteiger partial charge is 0.377 e. The highest BCUT2D eigenvalue weighted by Gasteiger charge is 2.16. The number of carbonyl (C=O) groups is 3. The molecule has 0 aliphatic heterocycles. The highest BCUT2D eigenvalue weighted by molar-refractivity contribution is 5.96. The van der Waals surface area contributed by atoms with Crippen LogP contribution in [-0.2, 0) is 9.53 Å². The summed E-state index contributed by atoms with van der Waals surface area (Å²) in [5.74, 6) is -1.64. The molecule has 0 saturated heterocycles. The SMILES string of the molecule is CC[C@H](C)NC(=O)NC(=O)COC(=O)c1cc(C)no1. The summed E-state index contributed by atoms with van der Waals surface area (Å²) in [6.07, 6.45) is 0.738. The minimum atomic E-state index is -0.817. The molecule has 0 aromatic carbocycles. The lowest BCUT2D eigenvalue weighted by molar-refractivity contribution is -0.123. The summed E-state index contributed by atoms with van der Waals surface area (Å²) in [6, 6.07) is 0.703. The zero-order valence-electron chi connectivity index (χ0n) is 11.6. The Morgan fingerprint density at radius 1 is 1.45 bits per heavy atom. The van der Waals surface area contributed by atoms with Crippen LogP contribution in [0.2, 0.25) is 0 Å². The minimum Gasteiger partial charge on any atom is -0.450 e. The number of hydrogen-bond acceptors (Lipinski definition) is 6. The Morgan fingerprint density at radius 3 is 2.70 bits per heavy atom. The Hall–Kier alpha value is -2.38. The number of nitrogens with zero attached hydrogens (tertiary/aromatic N) is 1. The molecule has 8 heteroatoms. The Labute approximate surface area is 115 Å². The lowest BCUT2D eigenvalue weighted by Crippen LogP contribution is -2.44. The van der Waals surface area contributed by atoms with Gasteiger partial charge in [-0.1, -0.05) is 12.1 Å². The predicted molar refractivity (Wildman–Crippen MR) is 67.9 cm³/mol. The first kappa shape index (κ1) is 15.7. The summed E-state index contributed by atoms with van der Waals surface area (Å²) in [5.41, 5.74) is 0.523. The number of urea groups is 1. The minimum absolute atomic E-state index is 0.0532. The van der Waals surface area contributed by atoms with Crippen LogP contribution in [-0.4, -0.2) is 35.7 Å². The molecule has 1 atom stereocenters. The van der Waals surface area contributed by atoms with Gasteiger partial charge in [0.15, 0.2) is 6.61 Å². The highest BCUT2D eigenvalue weighted by Crippen LogP contribution is 2.03. The van der Waals surface area contributed by atoms with Crippen LogP contribution < -0.4 is 10.6 Å². The van der Waals surface area contributed by atoms with Crippen LogP contribution in [0, 0.1) is 6.92 Å². The number of hydrogen-bond donors (Lipinski definition) is 2. The molecule has 8 nitrogen and oxygen atoms in total. The Bertz CT molecular complexity index is 497. The number of amides is 3. The molecule has 0 aliphatic carbocycles. The van der Waals surface area contributed by atoms with Gasteiger partial charge in [-0.2, -0.15) is 0 Å². The molecule has 0 saturated carbocycles. The van der Waals surface area contributed by atoms with Crippen LogP contribution in [0.25, 0.3) is 0 Å². The van der Waals surface area contributed by atoms with E-state index in [0.717, 1.165) is 6.42 Å². The predicted octanol–water partition coefficient (Wildman–Crippen LogP) is 0.764. The van der Waals surface area contributed by atoms with Crippen molar-refractivity contribution in [1.29, 1.82) is 0 Å². The third-order valence-corrected chi connectivity index (χ3v) is 2.41. The summed E-state index contributed by atoms with van der Waals surface area (Å²) >= 11 is 0. The van der Waals surface area contributed by atoms with Gasteiger partial charge in [0.25, 0.3) is 5.91 Å². The van der Waals surface area contributed by atoms with E-state index in [9.17, 15) is 14.4 Å². The Balaban J connectivity index is 2.33. The normalized spacial score (nSPS) is 11.6. The lowest BCUT2D eigenvalue weighted by Gasteiger charge is -2.11. The molecular formula is C12H17N3O5. The van der Waals surface area contributed by atoms with Gasteiger partial charge in [-0.15, -0.1) is 0 Å². The molecule has 20 heavy (non-hydrogen) atoms. The fourth-order valence-corrected chi connectivity index (χ4v) is 1.19. The second-order valence-corrected chi connectivity index (χ2v) is 4.24. The van der Waals surface area contributed by atoms with E-state index in [4.69, 9.17) is 0 Å². The fraction of sp³-hybridized carbons (Fsp3) is 0.500. The summed E-state index contributed by atoms with van der Waals surface area (Å²) < 4.78 is 9.34. The third kappa shape index (κ3) is 5.09. The van der Waals surface area contributed by atoms with E-state index in [1.165, 1.54) is 6.07 Å². The molecule has 3 amide bonds. The van der Waals surface area contributed by atoms with Gasteiger partial charge < -0.3 is 14.6 Å². The summed E-state index contributed by atoms with van der Waals surface area (Å²) in [7, 11) is 0. The van der Waals surface area contributed by atoms with Crippen molar-refractivity contribution in [2.24, 2.45) is 0 Å². The number of carbonyl (C=O) groups excluding carboxylic acids is 3. The maximum Gasteiger partial charge on any atom is 0.377 e. The van der Waals surface area contributed by atoms with Crippen molar-refractivity contribution in [3.8, 4) is 0 Å². The van der Waals surface area contributed by atoms with Crippen molar-refractivity contribution in [2.75, 3.05) is 6.61 Å². The molecule has 0 unspecified atom stereocenters. The fourth-order valence-electron chi connectivity index (χ4n) is 1.19. The van der Waals surface area contributed by atoms with E-state index < -0.39 is 24.5 Å². The Morgan fingerprint density at radius 2 is 2.15 bits per heavy atom. The quantitative estimate of drug-likeness (QED) is 0.772. The van der Waals surface area contributed by atoms with Crippen LogP contribution in [0.15, 0.2) is 10.6 Å². The zero-order chi connectivity index (χ0) is 15.1. The van der Waals surface area contributed by atoms with Crippen molar-refractivity contribution in [3.63, 3.8) is 0 Å². The second kappa shape index (κ2) is 7.27. The number of ether oxygens (including phenoxy) is 1.